The van der Waals surface area contributed by atoms with E-state index in [1.54, 1.807) is 4.57 Å². The molecule has 0 atom stereocenters. The quantitative estimate of drug-likeness (QED) is 0.885. The number of hydrogen-bond acceptors (Lipinski definition) is 5. The van der Waals surface area contributed by atoms with E-state index in [2.05, 4.69) is 9.73 Å². The third-order valence-corrected chi connectivity index (χ3v) is 3.97. The van der Waals surface area contributed by atoms with Crippen molar-refractivity contribution in [3.8, 4) is 0 Å². The van der Waals surface area contributed by atoms with Crippen LogP contribution in [0, 0.1) is 0 Å². The van der Waals surface area contributed by atoms with Crippen molar-refractivity contribution in [1.82, 2.24) is 4.57 Å². The highest BCUT2D eigenvalue weighted by Gasteiger charge is 2.27. The summed E-state index contributed by atoms with van der Waals surface area (Å²) in [5.74, 6) is -1.26. The number of carbonyl (C=O) groups excluding carboxylic acids is 1. The fraction of sp³-hybridized carbons (Fsp3) is 0.333. The number of amides is 1. The lowest BCUT2D eigenvalue weighted by Crippen LogP contribution is -2.22. The molecule has 0 spiro atoms. The molecule has 0 saturated carbocycles. The van der Waals surface area contributed by atoms with Crippen LogP contribution in [0.25, 0.3) is 0 Å². The molecule has 1 aliphatic rings. The van der Waals surface area contributed by atoms with E-state index in [4.69, 9.17) is 5.11 Å². The second kappa shape index (κ2) is 5.49. The van der Waals surface area contributed by atoms with Crippen molar-refractivity contribution in [2.45, 2.75) is 24.9 Å². The molecule has 7 nitrogen and oxygen atoms in total. The Bertz CT molecular complexity index is 677. The van der Waals surface area contributed by atoms with Crippen LogP contribution in [-0.4, -0.2) is 33.9 Å². The number of methoxy groups -OCH3 is 1. The second-order valence-electron chi connectivity index (χ2n) is 4.00. The molecule has 1 N–H and O–H groups in total. The maximum atomic E-state index is 12.1. The van der Waals surface area contributed by atoms with E-state index in [1.807, 2.05) is 6.92 Å². The highest BCUT2D eigenvalue weighted by molar-refractivity contribution is 8.14. The first-order valence-electron chi connectivity index (χ1n) is 5.80. The van der Waals surface area contributed by atoms with Gasteiger partial charge in [-0.05, 0) is 6.92 Å². The molecule has 2 rings (SSSR count). The van der Waals surface area contributed by atoms with Crippen molar-refractivity contribution in [1.29, 1.82) is 0 Å². The van der Waals surface area contributed by atoms with Gasteiger partial charge in [-0.2, -0.15) is 4.99 Å². The standard InChI is InChI=1S/C12H12N2O5S/c1-3-14-5-7(11(16)17)9(15)6-4-8(20-10(6)14)13-12(18)19-2/h5H,3-4H2,1-2H3,(H,16,17). The van der Waals surface area contributed by atoms with Gasteiger partial charge in [0.2, 0.25) is 5.43 Å². The lowest BCUT2D eigenvalue weighted by atomic mass is 10.1. The van der Waals surface area contributed by atoms with E-state index in [0.29, 0.717) is 22.2 Å². The molecule has 0 aromatic carbocycles. The van der Waals surface area contributed by atoms with E-state index >= 15 is 0 Å². The molecule has 0 unspecified atom stereocenters. The maximum Gasteiger partial charge on any atom is 0.434 e. The van der Waals surface area contributed by atoms with Crippen LogP contribution in [0.1, 0.15) is 22.8 Å². The zero-order chi connectivity index (χ0) is 14.9. The lowest BCUT2D eigenvalue weighted by molar-refractivity contribution is 0.0694. The molecular formula is C12H12N2O5S. The van der Waals surface area contributed by atoms with Gasteiger partial charge in [-0.15, -0.1) is 0 Å². The number of nitrogens with zero attached hydrogens (tertiary/aromatic N) is 2. The predicted molar refractivity (Wildman–Crippen MR) is 72.7 cm³/mol. The molecule has 0 aliphatic carbocycles. The van der Waals surface area contributed by atoms with Crippen LogP contribution in [0.5, 0.6) is 0 Å². The topological polar surface area (TPSA) is 98.0 Å². The van der Waals surface area contributed by atoms with Gasteiger partial charge >= 0.3 is 12.1 Å². The van der Waals surface area contributed by atoms with Crippen LogP contribution in [0.4, 0.5) is 4.79 Å². The molecule has 0 radical (unpaired) electrons. The first-order valence-corrected chi connectivity index (χ1v) is 6.62. The minimum absolute atomic E-state index is 0.148. The number of aromatic carboxylic acids is 1. The molecule has 1 amide bonds. The third-order valence-electron chi connectivity index (χ3n) is 2.83. The summed E-state index contributed by atoms with van der Waals surface area (Å²) in [6.07, 6.45) is 0.723. The number of fused-ring (bicyclic) bond motifs is 1. The van der Waals surface area contributed by atoms with Crippen molar-refractivity contribution in [2.24, 2.45) is 4.99 Å². The van der Waals surface area contributed by atoms with Gasteiger partial charge in [0.15, 0.2) is 0 Å². The molecular weight excluding hydrogens is 284 g/mol. The Morgan fingerprint density at radius 2 is 2.25 bits per heavy atom. The number of pyridine rings is 1. The van der Waals surface area contributed by atoms with Gasteiger partial charge in [-0.3, -0.25) is 4.79 Å². The van der Waals surface area contributed by atoms with Crippen molar-refractivity contribution in [3.05, 3.63) is 27.5 Å². The molecule has 0 fully saturated rings. The minimum Gasteiger partial charge on any atom is -0.477 e. The van der Waals surface area contributed by atoms with E-state index in [9.17, 15) is 14.4 Å². The first-order chi connectivity index (χ1) is 9.47. The summed E-state index contributed by atoms with van der Waals surface area (Å²) < 4.78 is 6.11. The number of carboxylic acid groups (broad SMARTS) is 1. The summed E-state index contributed by atoms with van der Waals surface area (Å²) in [5, 5.41) is 10.1. The number of thioether (sulfide) groups is 1. The summed E-state index contributed by atoms with van der Waals surface area (Å²) in [5.41, 5.74) is -0.440. The Balaban J connectivity index is 2.53. The number of carbonyl (C=O) groups is 2. The molecule has 20 heavy (non-hydrogen) atoms. The molecule has 1 aromatic heterocycles. The zero-order valence-electron chi connectivity index (χ0n) is 10.9. The largest absolute Gasteiger partial charge is 0.477 e. The fourth-order valence-corrected chi connectivity index (χ4v) is 3.03. The summed E-state index contributed by atoms with van der Waals surface area (Å²) in [7, 11) is 1.22. The number of carboxylic acids is 1. The number of ether oxygens (including phenoxy) is 1. The summed E-state index contributed by atoms with van der Waals surface area (Å²) in [6.45, 7) is 2.35. The van der Waals surface area contributed by atoms with Crippen molar-refractivity contribution >= 4 is 28.9 Å². The Morgan fingerprint density at radius 3 is 2.80 bits per heavy atom. The van der Waals surface area contributed by atoms with Gasteiger partial charge in [0.05, 0.1) is 17.2 Å². The van der Waals surface area contributed by atoms with Crippen LogP contribution in [0.15, 0.2) is 21.0 Å². The van der Waals surface area contributed by atoms with Gasteiger partial charge in [0.25, 0.3) is 0 Å². The van der Waals surface area contributed by atoms with Crippen LogP contribution in [0.3, 0.4) is 0 Å². The maximum absolute atomic E-state index is 12.1. The van der Waals surface area contributed by atoms with Crippen LogP contribution >= 0.6 is 11.8 Å². The second-order valence-corrected chi connectivity index (χ2v) is 5.06. The highest BCUT2D eigenvalue weighted by Crippen LogP contribution is 2.32. The summed E-state index contributed by atoms with van der Waals surface area (Å²) in [6, 6.07) is 0. The van der Waals surface area contributed by atoms with Crippen LogP contribution in [0.2, 0.25) is 0 Å². The number of aryl methyl sites for hydroxylation is 1. The molecule has 2 heterocycles. The van der Waals surface area contributed by atoms with E-state index in [-0.39, 0.29) is 12.0 Å². The Hall–Kier alpha value is -2.09. The monoisotopic (exact) mass is 296 g/mol. The average Bonchev–Trinajstić information content (AvgIpc) is 2.83. The van der Waals surface area contributed by atoms with Crippen LogP contribution < -0.4 is 5.43 Å². The number of hydrogen-bond donors (Lipinski definition) is 1. The first kappa shape index (κ1) is 14.3. The van der Waals surface area contributed by atoms with Gasteiger partial charge < -0.3 is 14.4 Å². The molecule has 0 saturated heterocycles. The Morgan fingerprint density at radius 1 is 1.55 bits per heavy atom. The minimum atomic E-state index is -1.26. The average molecular weight is 296 g/mol. The van der Waals surface area contributed by atoms with Crippen LogP contribution in [-0.2, 0) is 17.7 Å². The smallest absolute Gasteiger partial charge is 0.434 e. The lowest BCUT2D eigenvalue weighted by Gasteiger charge is -2.09. The van der Waals surface area contributed by atoms with Crippen molar-refractivity contribution < 1.29 is 19.4 Å². The third kappa shape index (κ3) is 2.46. The zero-order valence-corrected chi connectivity index (χ0v) is 11.7. The molecule has 1 aliphatic heterocycles. The summed E-state index contributed by atoms with van der Waals surface area (Å²) >= 11 is 1.18. The van der Waals surface area contributed by atoms with Crippen molar-refractivity contribution in [3.63, 3.8) is 0 Å². The SMILES string of the molecule is CCn1cc(C(=O)O)c(=O)c2c1SC(=NC(=O)OC)C2. The summed E-state index contributed by atoms with van der Waals surface area (Å²) in [4.78, 5) is 38.0. The molecule has 8 heteroatoms. The Labute approximate surface area is 118 Å². The number of rotatable bonds is 2. The highest BCUT2D eigenvalue weighted by atomic mass is 32.2. The van der Waals surface area contributed by atoms with E-state index in [1.165, 1.54) is 25.1 Å². The van der Waals surface area contributed by atoms with E-state index < -0.39 is 17.5 Å². The van der Waals surface area contributed by atoms with Gasteiger partial charge in [0, 0.05) is 24.7 Å². The fourth-order valence-electron chi connectivity index (χ4n) is 1.88. The molecule has 1 aromatic rings. The van der Waals surface area contributed by atoms with Gasteiger partial charge in [-0.25, -0.2) is 9.59 Å². The number of aliphatic imine (C=N–C) groups is 1. The van der Waals surface area contributed by atoms with Gasteiger partial charge in [0.1, 0.15) is 5.56 Å². The van der Waals surface area contributed by atoms with E-state index in [0.717, 1.165) is 0 Å². The Kier molecular flexibility index (Phi) is 3.93. The number of aromatic nitrogens is 1. The van der Waals surface area contributed by atoms with Crippen molar-refractivity contribution in [2.75, 3.05) is 7.11 Å². The predicted octanol–water partition coefficient (Wildman–Crippen LogP) is 1.38. The normalized spacial score (nSPS) is 15.2. The molecule has 0 bridgehead atoms. The van der Waals surface area contributed by atoms with Gasteiger partial charge in [-0.1, -0.05) is 11.8 Å². The molecule has 106 valence electrons.